The van der Waals surface area contributed by atoms with Crippen LogP contribution in [-0.2, 0) is 20.2 Å². The molecule has 1 aromatic rings. The summed E-state index contributed by atoms with van der Waals surface area (Å²) in [6.45, 7) is 0. The van der Waals surface area contributed by atoms with Gasteiger partial charge >= 0.3 is 5.97 Å². The number of ether oxygens (including phenoxy) is 1. The first kappa shape index (κ1) is 14.9. The van der Waals surface area contributed by atoms with Crippen molar-refractivity contribution in [3.05, 3.63) is 35.4 Å². The normalized spacial score (nSPS) is 12.1. The van der Waals surface area contributed by atoms with Crippen LogP contribution in [0, 0.1) is 0 Å². The van der Waals surface area contributed by atoms with Gasteiger partial charge in [-0.25, -0.2) is 4.79 Å². The third-order valence-electron chi connectivity index (χ3n) is 2.67. The molecule has 0 aliphatic heterocycles. The van der Waals surface area contributed by atoms with Crippen LogP contribution < -0.4 is 0 Å². The highest BCUT2D eigenvalue weighted by Gasteiger charge is 2.05. The van der Waals surface area contributed by atoms with Crippen molar-refractivity contribution in [1.29, 1.82) is 0 Å². The SMILES string of the molecule is COC(=O)c1cccc(CCCC[PH](=O)OC)c1. The fourth-order valence-electron chi connectivity index (χ4n) is 1.67. The Labute approximate surface area is 108 Å². The average molecular weight is 270 g/mol. The van der Waals surface area contributed by atoms with E-state index in [-0.39, 0.29) is 5.97 Å². The molecule has 4 nitrogen and oxygen atoms in total. The predicted molar refractivity (Wildman–Crippen MR) is 71.6 cm³/mol. The van der Waals surface area contributed by atoms with E-state index in [1.54, 1.807) is 6.07 Å². The second-order valence-electron chi connectivity index (χ2n) is 3.98. The molecular formula is C13H19O4P. The Morgan fingerprint density at radius 2 is 2.06 bits per heavy atom. The molecule has 0 bridgehead atoms. The van der Waals surface area contributed by atoms with E-state index in [1.807, 2.05) is 18.2 Å². The summed E-state index contributed by atoms with van der Waals surface area (Å²) in [6, 6.07) is 7.40. The standard InChI is InChI=1S/C13H19O4P/c1-16-13(14)12-8-5-7-11(10-12)6-3-4-9-18(15)17-2/h5,7-8,10,18H,3-4,6,9H2,1-2H3. The molecule has 1 unspecified atom stereocenters. The summed E-state index contributed by atoms with van der Waals surface area (Å²) in [4.78, 5) is 11.3. The second kappa shape index (κ2) is 8.06. The minimum absolute atomic E-state index is 0.318. The quantitative estimate of drug-likeness (QED) is 0.434. The van der Waals surface area contributed by atoms with E-state index in [9.17, 15) is 9.36 Å². The van der Waals surface area contributed by atoms with Crippen molar-refractivity contribution in [2.45, 2.75) is 19.3 Å². The van der Waals surface area contributed by atoms with Crippen molar-refractivity contribution >= 4 is 14.0 Å². The summed E-state index contributed by atoms with van der Waals surface area (Å²) in [5.41, 5.74) is 1.66. The van der Waals surface area contributed by atoms with E-state index in [0.717, 1.165) is 24.8 Å². The van der Waals surface area contributed by atoms with Gasteiger partial charge in [0, 0.05) is 13.3 Å². The van der Waals surface area contributed by atoms with Gasteiger partial charge in [0.1, 0.15) is 0 Å². The van der Waals surface area contributed by atoms with Gasteiger partial charge in [0.25, 0.3) is 0 Å². The largest absolute Gasteiger partial charge is 0.465 e. The van der Waals surface area contributed by atoms with Gasteiger partial charge in [0.15, 0.2) is 8.03 Å². The summed E-state index contributed by atoms with van der Waals surface area (Å²) in [6.07, 6.45) is 3.29. The van der Waals surface area contributed by atoms with Gasteiger partial charge in [-0.2, -0.15) is 0 Å². The molecule has 0 fully saturated rings. The number of hydrogen-bond acceptors (Lipinski definition) is 4. The molecule has 0 amide bonds. The van der Waals surface area contributed by atoms with Crippen molar-refractivity contribution in [3.63, 3.8) is 0 Å². The van der Waals surface area contributed by atoms with Crippen LogP contribution >= 0.6 is 8.03 Å². The second-order valence-corrected chi connectivity index (χ2v) is 5.63. The summed E-state index contributed by atoms with van der Waals surface area (Å²) in [5, 5.41) is 0. The Bertz CT molecular complexity index is 417. The molecule has 0 N–H and O–H groups in total. The van der Waals surface area contributed by atoms with E-state index >= 15 is 0 Å². The first-order valence-corrected chi connectivity index (χ1v) is 7.44. The molecule has 0 saturated heterocycles. The summed E-state index contributed by atoms with van der Waals surface area (Å²) >= 11 is 0. The lowest BCUT2D eigenvalue weighted by Crippen LogP contribution is -2.01. The average Bonchev–Trinajstić information content (AvgIpc) is 2.42. The van der Waals surface area contributed by atoms with Crippen molar-refractivity contribution in [3.8, 4) is 0 Å². The molecule has 1 aromatic carbocycles. The van der Waals surface area contributed by atoms with Crippen LogP contribution in [-0.4, -0.2) is 26.4 Å². The molecule has 0 aliphatic rings. The maximum Gasteiger partial charge on any atom is 0.337 e. The monoisotopic (exact) mass is 270 g/mol. The van der Waals surface area contributed by atoms with E-state index in [1.165, 1.54) is 14.2 Å². The number of carbonyl (C=O) groups excluding carboxylic acids is 1. The number of unbranched alkanes of at least 4 members (excludes halogenated alkanes) is 1. The zero-order valence-corrected chi connectivity index (χ0v) is 11.8. The van der Waals surface area contributed by atoms with E-state index in [0.29, 0.717) is 11.7 Å². The van der Waals surface area contributed by atoms with Crippen LogP contribution in [0.1, 0.15) is 28.8 Å². The number of rotatable bonds is 7. The van der Waals surface area contributed by atoms with E-state index in [2.05, 4.69) is 4.74 Å². The molecule has 0 aromatic heterocycles. The number of methoxy groups -OCH3 is 1. The minimum atomic E-state index is -1.83. The smallest absolute Gasteiger partial charge is 0.337 e. The van der Waals surface area contributed by atoms with Crippen LogP contribution in [0.15, 0.2) is 24.3 Å². The third-order valence-corrected chi connectivity index (χ3v) is 3.89. The Hall–Kier alpha value is -1.12. The van der Waals surface area contributed by atoms with Gasteiger partial charge in [-0.3, -0.25) is 4.57 Å². The van der Waals surface area contributed by atoms with Crippen molar-refractivity contribution in [2.75, 3.05) is 20.4 Å². The lowest BCUT2D eigenvalue weighted by Gasteiger charge is -2.04. The zero-order valence-electron chi connectivity index (χ0n) is 10.8. The predicted octanol–water partition coefficient (Wildman–Crippen LogP) is 2.92. The Morgan fingerprint density at radius 1 is 1.28 bits per heavy atom. The van der Waals surface area contributed by atoms with Gasteiger partial charge in [-0.15, -0.1) is 0 Å². The van der Waals surface area contributed by atoms with Crippen LogP contribution in [0.2, 0.25) is 0 Å². The lowest BCUT2D eigenvalue weighted by molar-refractivity contribution is 0.0600. The molecular weight excluding hydrogens is 251 g/mol. The summed E-state index contributed by atoms with van der Waals surface area (Å²) < 4.78 is 20.5. The maximum atomic E-state index is 11.3. The molecule has 0 saturated carbocycles. The van der Waals surface area contributed by atoms with Gasteiger partial charge in [0.05, 0.1) is 12.7 Å². The first-order chi connectivity index (χ1) is 8.67. The van der Waals surface area contributed by atoms with E-state index in [4.69, 9.17) is 4.52 Å². The van der Waals surface area contributed by atoms with Gasteiger partial charge < -0.3 is 9.26 Å². The topological polar surface area (TPSA) is 52.6 Å². The first-order valence-electron chi connectivity index (χ1n) is 5.91. The number of benzene rings is 1. The van der Waals surface area contributed by atoms with Gasteiger partial charge in [-0.1, -0.05) is 12.1 Å². The maximum absolute atomic E-state index is 11.3. The van der Waals surface area contributed by atoms with Crippen LogP contribution in [0.4, 0.5) is 0 Å². The molecule has 0 spiro atoms. The summed E-state index contributed by atoms with van der Waals surface area (Å²) in [7, 11) is 1.01. The molecule has 1 rings (SSSR count). The Kier molecular flexibility index (Phi) is 6.69. The summed E-state index contributed by atoms with van der Waals surface area (Å²) in [5.74, 6) is -0.318. The van der Waals surface area contributed by atoms with Gasteiger partial charge in [-0.05, 0) is 37.0 Å². The molecule has 0 radical (unpaired) electrons. The number of aryl methyl sites for hydroxylation is 1. The zero-order chi connectivity index (χ0) is 13.4. The molecule has 1 atom stereocenters. The highest BCUT2D eigenvalue weighted by atomic mass is 31.1. The highest BCUT2D eigenvalue weighted by molar-refractivity contribution is 7.39. The molecule has 5 heteroatoms. The number of carbonyl (C=O) groups is 1. The fraction of sp³-hybridized carbons (Fsp3) is 0.462. The Morgan fingerprint density at radius 3 is 2.72 bits per heavy atom. The van der Waals surface area contributed by atoms with Crippen LogP contribution in [0.25, 0.3) is 0 Å². The Balaban J connectivity index is 2.43. The molecule has 100 valence electrons. The van der Waals surface area contributed by atoms with Crippen molar-refractivity contribution in [2.24, 2.45) is 0 Å². The van der Waals surface area contributed by atoms with E-state index < -0.39 is 8.03 Å². The number of hydrogen-bond donors (Lipinski definition) is 0. The van der Waals surface area contributed by atoms with Crippen LogP contribution in [0.3, 0.4) is 0 Å². The van der Waals surface area contributed by atoms with Crippen molar-refractivity contribution in [1.82, 2.24) is 0 Å². The minimum Gasteiger partial charge on any atom is -0.465 e. The highest BCUT2D eigenvalue weighted by Crippen LogP contribution is 2.22. The number of esters is 1. The third kappa shape index (κ3) is 5.03. The van der Waals surface area contributed by atoms with Crippen LogP contribution in [0.5, 0.6) is 0 Å². The fourth-order valence-corrected chi connectivity index (χ4v) is 2.41. The lowest BCUT2D eigenvalue weighted by atomic mass is 10.1. The molecule has 0 heterocycles. The molecule has 0 aliphatic carbocycles. The molecule has 18 heavy (non-hydrogen) atoms. The van der Waals surface area contributed by atoms with Crippen molar-refractivity contribution < 1.29 is 18.6 Å². The van der Waals surface area contributed by atoms with Gasteiger partial charge in [0.2, 0.25) is 0 Å².